The van der Waals surface area contributed by atoms with Gasteiger partial charge in [0.2, 0.25) is 11.8 Å². The van der Waals surface area contributed by atoms with Gasteiger partial charge in [-0.15, -0.1) is 13.2 Å². The van der Waals surface area contributed by atoms with Crippen LogP contribution < -0.4 is 10.6 Å². The zero-order chi connectivity index (χ0) is 27.7. The molecule has 0 aromatic heterocycles. The molecule has 0 saturated carbocycles. The second kappa shape index (κ2) is 10.8. The summed E-state index contributed by atoms with van der Waals surface area (Å²) in [6, 6.07) is 11.6. The number of piperidine rings is 2. The summed E-state index contributed by atoms with van der Waals surface area (Å²) in [4.78, 5) is 53.0. The Morgan fingerprint density at radius 2 is 1.62 bits per heavy atom. The summed E-state index contributed by atoms with van der Waals surface area (Å²) in [5.41, 5.74) is 2.81. The Bertz CT molecular complexity index is 1290. The minimum atomic E-state index is -4.60. The molecular weight excluding hydrogens is 517 g/mol. The second-order valence-electron chi connectivity index (χ2n) is 9.88. The molecular formula is C27H27F3N4O5. The Labute approximate surface area is 222 Å². The van der Waals surface area contributed by atoms with Crippen LogP contribution in [0, 0.1) is 0 Å². The molecule has 3 heterocycles. The Morgan fingerprint density at radius 1 is 0.923 bits per heavy atom. The first-order valence-corrected chi connectivity index (χ1v) is 12.7. The van der Waals surface area contributed by atoms with Crippen LogP contribution >= 0.6 is 0 Å². The summed E-state index contributed by atoms with van der Waals surface area (Å²) in [7, 11) is 0. The van der Waals surface area contributed by atoms with Gasteiger partial charge >= 0.3 is 6.36 Å². The highest BCUT2D eigenvalue weighted by Gasteiger charge is 2.45. The van der Waals surface area contributed by atoms with Crippen molar-refractivity contribution >= 4 is 29.3 Å². The van der Waals surface area contributed by atoms with Crippen LogP contribution in [0.15, 0.2) is 42.5 Å². The van der Waals surface area contributed by atoms with Gasteiger partial charge in [-0.25, -0.2) is 0 Å². The van der Waals surface area contributed by atoms with Crippen molar-refractivity contribution in [3.63, 3.8) is 0 Å². The SMILES string of the molecule is O=C1CCC(N2C(=O)c3cccc(NCc4ccc(CN5CCC(OC(F)(F)F)CC5)cc4)c3C2=O)C(=O)N1. The molecule has 39 heavy (non-hydrogen) atoms. The number of carbonyl (C=O) groups is 4. The van der Waals surface area contributed by atoms with Gasteiger partial charge in [-0.2, -0.15) is 0 Å². The third-order valence-electron chi connectivity index (χ3n) is 7.22. The van der Waals surface area contributed by atoms with E-state index in [1.54, 1.807) is 18.2 Å². The number of ether oxygens (including phenoxy) is 1. The molecule has 5 rings (SSSR count). The number of halogens is 3. The zero-order valence-corrected chi connectivity index (χ0v) is 20.9. The number of anilines is 1. The first kappa shape index (κ1) is 26.8. The van der Waals surface area contributed by atoms with E-state index >= 15 is 0 Å². The number of alkyl halides is 3. The fourth-order valence-electron chi connectivity index (χ4n) is 5.25. The number of carbonyl (C=O) groups excluding carboxylic acids is 4. The Morgan fingerprint density at radius 3 is 2.28 bits per heavy atom. The molecule has 2 saturated heterocycles. The van der Waals surface area contributed by atoms with E-state index in [-0.39, 0.29) is 24.0 Å². The smallest absolute Gasteiger partial charge is 0.380 e. The molecule has 3 aliphatic heterocycles. The molecule has 3 aliphatic rings. The highest BCUT2D eigenvalue weighted by atomic mass is 19.4. The van der Waals surface area contributed by atoms with E-state index in [1.807, 2.05) is 24.3 Å². The van der Waals surface area contributed by atoms with E-state index in [1.165, 1.54) is 0 Å². The largest absolute Gasteiger partial charge is 0.522 e. The van der Waals surface area contributed by atoms with E-state index < -0.39 is 42.1 Å². The maximum atomic E-state index is 13.2. The minimum absolute atomic E-state index is 0.0513. The predicted octanol–water partition coefficient (Wildman–Crippen LogP) is 3.20. The number of nitrogens with one attached hydrogen (secondary N) is 2. The van der Waals surface area contributed by atoms with Gasteiger partial charge < -0.3 is 5.32 Å². The normalized spacial score (nSPS) is 20.8. The van der Waals surface area contributed by atoms with E-state index in [2.05, 4.69) is 20.3 Å². The van der Waals surface area contributed by atoms with Crippen LogP contribution in [0.4, 0.5) is 18.9 Å². The number of rotatable bonds is 7. The maximum absolute atomic E-state index is 13.2. The van der Waals surface area contributed by atoms with Crippen molar-refractivity contribution in [1.82, 2.24) is 15.1 Å². The summed E-state index contributed by atoms with van der Waals surface area (Å²) in [6.07, 6.45) is -4.62. The Balaban J connectivity index is 1.18. The number of imide groups is 2. The van der Waals surface area contributed by atoms with Crippen molar-refractivity contribution in [2.24, 2.45) is 0 Å². The Kier molecular flexibility index (Phi) is 7.41. The standard InChI is InChI=1S/C27H27F3N4O5/c28-27(29,30)39-18-10-12-33(13-11-18)15-17-6-4-16(5-7-17)14-31-20-3-1-2-19-23(20)26(38)34(25(19)37)21-8-9-22(35)32-24(21)36/h1-7,18,21,31H,8-15H2,(H,32,35,36). The molecule has 0 bridgehead atoms. The van der Waals surface area contributed by atoms with Crippen molar-refractivity contribution in [3.05, 3.63) is 64.7 Å². The van der Waals surface area contributed by atoms with Crippen LogP contribution in [0.3, 0.4) is 0 Å². The van der Waals surface area contributed by atoms with Crippen LogP contribution in [0.2, 0.25) is 0 Å². The zero-order valence-electron chi connectivity index (χ0n) is 20.9. The lowest BCUT2D eigenvalue weighted by Crippen LogP contribution is -2.54. The number of hydrogen-bond donors (Lipinski definition) is 2. The molecule has 1 unspecified atom stereocenters. The lowest BCUT2D eigenvalue weighted by atomic mass is 10.0. The lowest BCUT2D eigenvalue weighted by Gasteiger charge is -2.32. The molecule has 2 aromatic rings. The second-order valence-corrected chi connectivity index (χ2v) is 9.88. The van der Waals surface area contributed by atoms with Gasteiger partial charge in [-0.1, -0.05) is 30.3 Å². The minimum Gasteiger partial charge on any atom is -0.380 e. The molecule has 2 aromatic carbocycles. The van der Waals surface area contributed by atoms with Crippen LogP contribution in [0.5, 0.6) is 0 Å². The van der Waals surface area contributed by atoms with Crippen molar-refractivity contribution in [1.29, 1.82) is 0 Å². The van der Waals surface area contributed by atoms with Gasteiger partial charge in [0.05, 0.1) is 17.2 Å². The first-order chi connectivity index (χ1) is 18.6. The molecule has 2 fully saturated rings. The molecule has 12 heteroatoms. The van der Waals surface area contributed by atoms with E-state index in [9.17, 15) is 32.3 Å². The van der Waals surface area contributed by atoms with Gasteiger partial charge in [0, 0.05) is 38.3 Å². The van der Waals surface area contributed by atoms with Gasteiger partial charge in [0.15, 0.2) is 0 Å². The average Bonchev–Trinajstić information content (AvgIpc) is 3.14. The molecule has 1 atom stereocenters. The first-order valence-electron chi connectivity index (χ1n) is 12.7. The summed E-state index contributed by atoms with van der Waals surface area (Å²) in [6.45, 7) is 2.03. The monoisotopic (exact) mass is 544 g/mol. The van der Waals surface area contributed by atoms with Gasteiger partial charge in [0.25, 0.3) is 11.8 Å². The summed E-state index contributed by atoms with van der Waals surface area (Å²) < 4.78 is 41.4. The number of amides is 4. The number of benzene rings is 2. The number of nitrogens with zero attached hydrogens (tertiary/aromatic N) is 2. The van der Waals surface area contributed by atoms with E-state index in [0.717, 1.165) is 16.0 Å². The molecule has 2 N–H and O–H groups in total. The highest BCUT2D eigenvalue weighted by Crippen LogP contribution is 2.32. The van der Waals surface area contributed by atoms with Gasteiger partial charge in [-0.05, 0) is 42.5 Å². The van der Waals surface area contributed by atoms with Crippen LogP contribution in [-0.2, 0) is 27.4 Å². The van der Waals surface area contributed by atoms with Crippen molar-refractivity contribution in [2.75, 3.05) is 18.4 Å². The maximum Gasteiger partial charge on any atom is 0.522 e. The third-order valence-corrected chi connectivity index (χ3v) is 7.22. The number of hydrogen-bond acceptors (Lipinski definition) is 7. The Hall–Kier alpha value is -3.77. The van der Waals surface area contributed by atoms with Crippen LogP contribution in [0.25, 0.3) is 0 Å². The average molecular weight is 545 g/mol. The topological polar surface area (TPSA) is 108 Å². The fraction of sp³-hybridized carbons (Fsp3) is 0.407. The molecule has 0 spiro atoms. The van der Waals surface area contributed by atoms with E-state index in [0.29, 0.717) is 44.7 Å². The fourth-order valence-corrected chi connectivity index (χ4v) is 5.25. The van der Waals surface area contributed by atoms with E-state index in [4.69, 9.17) is 0 Å². The molecule has 4 amide bonds. The van der Waals surface area contributed by atoms with Crippen LogP contribution in [-0.4, -0.2) is 65.0 Å². The van der Waals surface area contributed by atoms with Crippen molar-refractivity contribution in [2.45, 2.75) is 57.3 Å². The van der Waals surface area contributed by atoms with Gasteiger partial charge in [-0.3, -0.25) is 39.0 Å². The van der Waals surface area contributed by atoms with Gasteiger partial charge in [0.1, 0.15) is 6.04 Å². The molecule has 206 valence electrons. The number of likely N-dealkylation sites (tertiary alicyclic amines) is 1. The summed E-state index contributed by atoms with van der Waals surface area (Å²) in [5.74, 6) is -2.23. The van der Waals surface area contributed by atoms with Crippen molar-refractivity contribution in [3.8, 4) is 0 Å². The van der Waals surface area contributed by atoms with Crippen molar-refractivity contribution < 1.29 is 37.1 Å². The molecule has 0 aliphatic carbocycles. The lowest BCUT2D eigenvalue weighted by molar-refractivity contribution is -0.345. The third kappa shape index (κ3) is 5.96. The summed E-state index contributed by atoms with van der Waals surface area (Å²) >= 11 is 0. The molecule has 9 nitrogen and oxygen atoms in total. The van der Waals surface area contributed by atoms with Crippen LogP contribution in [0.1, 0.15) is 57.5 Å². The predicted molar refractivity (Wildman–Crippen MR) is 132 cm³/mol. The molecule has 0 radical (unpaired) electrons. The number of fused-ring (bicyclic) bond motifs is 1. The quantitative estimate of drug-likeness (QED) is 0.516. The summed E-state index contributed by atoms with van der Waals surface area (Å²) in [5, 5.41) is 5.39. The highest BCUT2D eigenvalue weighted by molar-refractivity contribution is 6.25.